The Morgan fingerprint density at radius 1 is 1.05 bits per heavy atom. The van der Waals surface area contributed by atoms with Gasteiger partial charge in [0.15, 0.2) is 6.10 Å². The van der Waals surface area contributed by atoms with E-state index in [1.54, 1.807) is 0 Å². The molecule has 0 aliphatic heterocycles. The van der Waals surface area contributed by atoms with Crippen LogP contribution in [-0.2, 0) is 17.1 Å². The maximum atomic E-state index is 12.7. The summed E-state index contributed by atoms with van der Waals surface area (Å²) in [5.41, 5.74) is -4.94. The first-order valence-corrected chi connectivity index (χ1v) is 5.12. The third-order valence-electron chi connectivity index (χ3n) is 2.28. The van der Waals surface area contributed by atoms with E-state index in [1.807, 2.05) is 0 Å². The molecule has 10 heteroatoms. The number of halogens is 7. The van der Waals surface area contributed by atoms with Crippen LogP contribution in [0.4, 0.5) is 26.3 Å². The lowest BCUT2D eigenvalue weighted by molar-refractivity contribution is -0.149. The minimum Gasteiger partial charge on any atom is -0.479 e. The van der Waals surface area contributed by atoms with Gasteiger partial charge in [-0.2, -0.15) is 26.3 Å². The first-order valence-electron chi connectivity index (χ1n) is 4.74. The van der Waals surface area contributed by atoms with Gasteiger partial charge in [-0.1, -0.05) is 11.6 Å². The van der Waals surface area contributed by atoms with Crippen LogP contribution < -0.4 is 0 Å². The van der Waals surface area contributed by atoms with E-state index in [0.717, 1.165) is 0 Å². The minimum absolute atomic E-state index is 0.145. The molecule has 1 aromatic carbocycles. The maximum absolute atomic E-state index is 12.7. The van der Waals surface area contributed by atoms with Crippen LogP contribution in [0.15, 0.2) is 12.1 Å². The molecule has 0 aromatic heterocycles. The van der Waals surface area contributed by atoms with Crippen molar-refractivity contribution in [3.05, 3.63) is 33.8 Å². The van der Waals surface area contributed by atoms with E-state index in [9.17, 15) is 31.1 Å². The van der Waals surface area contributed by atoms with Crippen LogP contribution >= 0.6 is 11.6 Å². The van der Waals surface area contributed by atoms with Crippen molar-refractivity contribution in [2.75, 3.05) is 0 Å². The highest BCUT2D eigenvalue weighted by atomic mass is 35.5. The second-order valence-corrected chi connectivity index (χ2v) is 4.06. The lowest BCUT2D eigenvalue weighted by Crippen LogP contribution is -2.19. The Bertz CT molecular complexity index is 537. The Morgan fingerprint density at radius 2 is 1.50 bits per heavy atom. The van der Waals surface area contributed by atoms with E-state index in [1.165, 1.54) is 0 Å². The maximum Gasteiger partial charge on any atom is 0.417 e. The number of benzene rings is 1. The third kappa shape index (κ3) is 3.34. The monoisotopic (exact) mass is 322 g/mol. The van der Waals surface area contributed by atoms with Gasteiger partial charge in [-0.25, -0.2) is 4.79 Å². The molecule has 1 atom stereocenters. The molecule has 0 saturated heterocycles. The zero-order chi connectivity index (χ0) is 15.9. The summed E-state index contributed by atoms with van der Waals surface area (Å²) >= 11 is 5.19. The normalized spacial score (nSPS) is 14.2. The second-order valence-electron chi connectivity index (χ2n) is 3.66. The van der Waals surface area contributed by atoms with Crippen molar-refractivity contribution in [2.24, 2.45) is 0 Å². The van der Waals surface area contributed by atoms with Crippen molar-refractivity contribution in [1.29, 1.82) is 0 Å². The van der Waals surface area contributed by atoms with Gasteiger partial charge in [0.25, 0.3) is 0 Å². The summed E-state index contributed by atoms with van der Waals surface area (Å²) < 4.78 is 75.4. The Labute approximate surface area is 112 Å². The van der Waals surface area contributed by atoms with Crippen LogP contribution in [0.1, 0.15) is 22.8 Å². The van der Waals surface area contributed by atoms with Crippen molar-refractivity contribution in [1.82, 2.24) is 0 Å². The quantitative estimate of drug-likeness (QED) is 0.819. The number of hydrogen-bond acceptors (Lipinski definition) is 2. The summed E-state index contributed by atoms with van der Waals surface area (Å²) in [6, 6.07) is -0.185. The number of aliphatic carboxylic acids is 1. The molecule has 0 radical (unpaired) electrons. The number of carboxylic acids is 1. The Balaban J connectivity index is 3.62. The van der Waals surface area contributed by atoms with Gasteiger partial charge in [0.1, 0.15) is 0 Å². The highest BCUT2D eigenvalue weighted by molar-refractivity contribution is 6.31. The fourth-order valence-corrected chi connectivity index (χ4v) is 1.69. The summed E-state index contributed by atoms with van der Waals surface area (Å²) in [5.74, 6) is -2.05. The number of carboxylic acid groups (broad SMARTS) is 1. The second kappa shape index (κ2) is 5.13. The molecule has 1 rings (SSSR count). The molecule has 0 heterocycles. The predicted molar refractivity (Wildman–Crippen MR) is 54.1 cm³/mol. The SMILES string of the molecule is O=C(O)C(O)c1cc(Cl)c(C(F)(F)F)cc1C(F)(F)F. The lowest BCUT2D eigenvalue weighted by atomic mass is 9.98. The molecular formula is C10H5ClF6O3. The van der Waals surface area contributed by atoms with E-state index in [0.29, 0.717) is 0 Å². The van der Waals surface area contributed by atoms with Gasteiger partial charge in [-0.3, -0.25) is 0 Å². The molecule has 0 spiro atoms. The molecule has 0 fully saturated rings. The molecule has 0 amide bonds. The van der Waals surface area contributed by atoms with Gasteiger partial charge in [-0.05, 0) is 12.1 Å². The Kier molecular flexibility index (Phi) is 4.25. The zero-order valence-electron chi connectivity index (χ0n) is 9.18. The van der Waals surface area contributed by atoms with Crippen LogP contribution in [0.3, 0.4) is 0 Å². The van der Waals surface area contributed by atoms with Gasteiger partial charge in [0.2, 0.25) is 0 Å². The van der Waals surface area contributed by atoms with Crippen molar-refractivity contribution in [3.8, 4) is 0 Å². The number of aliphatic hydroxyl groups is 1. The number of rotatable bonds is 2. The van der Waals surface area contributed by atoms with Crippen molar-refractivity contribution < 1.29 is 41.4 Å². The molecule has 0 aliphatic rings. The molecule has 2 N–H and O–H groups in total. The molecule has 1 aromatic rings. The molecule has 20 heavy (non-hydrogen) atoms. The topological polar surface area (TPSA) is 57.5 Å². The molecular weight excluding hydrogens is 318 g/mol. The van der Waals surface area contributed by atoms with Gasteiger partial charge in [0.05, 0.1) is 16.1 Å². The standard InChI is InChI=1S/C10H5ClF6O3/c11-6-1-3(7(18)8(19)20)4(9(12,13)14)2-5(6)10(15,16)17/h1-2,7,18H,(H,19,20). The van der Waals surface area contributed by atoms with E-state index >= 15 is 0 Å². The van der Waals surface area contributed by atoms with Gasteiger partial charge in [0, 0.05) is 5.56 Å². The molecule has 0 bridgehead atoms. The number of aliphatic hydroxyl groups excluding tert-OH is 1. The van der Waals surface area contributed by atoms with E-state index in [2.05, 4.69) is 0 Å². The Hall–Kier alpha value is -1.48. The van der Waals surface area contributed by atoms with Crippen LogP contribution in [0.5, 0.6) is 0 Å². The van der Waals surface area contributed by atoms with Crippen LogP contribution in [-0.4, -0.2) is 16.2 Å². The molecule has 112 valence electrons. The van der Waals surface area contributed by atoms with Crippen LogP contribution in [0.25, 0.3) is 0 Å². The lowest BCUT2D eigenvalue weighted by Gasteiger charge is -2.18. The summed E-state index contributed by atoms with van der Waals surface area (Å²) in [6.45, 7) is 0. The van der Waals surface area contributed by atoms with Gasteiger partial charge < -0.3 is 10.2 Å². The zero-order valence-corrected chi connectivity index (χ0v) is 9.94. The number of alkyl halides is 6. The molecule has 1 unspecified atom stereocenters. The predicted octanol–water partition coefficient (Wildman–Crippen LogP) is 3.50. The average Bonchev–Trinajstić information content (AvgIpc) is 2.23. The fraction of sp³-hybridized carbons (Fsp3) is 0.300. The highest BCUT2D eigenvalue weighted by Crippen LogP contribution is 2.42. The van der Waals surface area contributed by atoms with E-state index < -0.39 is 46.1 Å². The van der Waals surface area contributed by atoms with Crippen LogP contribution in [0.2, 0.25) is 5.02 Å². The van der Waals surface area contributed by atoms with Crippen molar-refractivity contribution in [2.45, 2.75) is 18.5 Å². The fourth-order valence-electron chi connectivity index (χ4n) is 1.41. The summed E-state index contributed by atoms with van der Waals surface area (Å²) in [7, 11) is 0. The minimum atomic E-state index is -5.28. The van der Waals surface area contributed by atoms with Crippen molar-refractivity contribution >= 4 is 17.6 Å². The first kappa shape index (κ1) is 16.6. The Morgan fingerprint density at radius 3 is 1.85 bits per heavy atom. The van der Waals surface area contributed by atoms with Gasteiger partial charge in [-0.15, -0.1) is 0 Å². The number of carbonyl (C=O) groups is 1. The van der Waals surface area contributed by atoms with Crippen molar-refractivity contribution in [3.63, 3.8) is 0 Å². The van der Waals surface area contributed by atoms with E-state index in [-0.39, 0.29) is 12.1 Å². The summed E-state index contributed by atoms with van der Waals surface area (Å²) in [4.78, 5) is 10.5. The molecule has 0 saturated carbocycles. The summed E-state index contributed by atoms with van der Waals surface area (Å²) in [6.07, 6.45) is -13.1. The third-order valence-corrected chi connectivity index (χ3v) is 2.59. The average molecular weight is 323 g/mol. The van der Waals surface area contributed by atoms with Gasteiger partial charge >= 0.3 is 18.3 Å². The molecule has 0 aliphatic carbocycles. The first-order chi connectivity index (χ1) is 8.85. The largest absolute Gasteiger partial charge is 0.479 e. The highest BCUT2D eigenvalue weighted by Gasteiger charge is 2.41. The smallest absolute Gasteiger partial charge is 0.417 e. The van der Waals surface area contributed by atoms with E-state index in [4.69, 9.17) is 21.8 Å². The number of hydrogen-bond donors (Lipinski definition) is 2. The van der Waals surface area contributed by atoms with Crippen LogP contribution in [0, 0.1) is 0 Å². The molecule has 3 nitrogen and oxygen atoms in total. The summed E-state index contributed by atoms with van der Waals surface area (Å²) in [5, 5.41) is 16.4.